The summed E-state index contributed by atoms with van der Waals surface area (Å²) < 4.78 is 24.1. The van der Waals surface area contributed by atoms with Gasteiger partial charge in [-0.05, 0) is 12.1 Å². The zero-order valence-corrected chi connectivity index (χ0v) is 8.65. The first-order chi connectivity index (χ1) is 7.54. The van der Waals surface area contributed by atoms with Crippen LogP contribution in [-0.4, -0.2) is 35.8 Å². The summed E-state index contributed by atoms with van der Waals surface area (Å²) in [5.41, 5.74) is 2.34. The van der Waals surface area contributed by atoms with Crippen molar-refractivity contribution in [3.63, 3.8) is 0 Å². The molecule has 7 heteroatoms. The highest BCUT2D eigenvalue weighted by atomic mass is 19.3. The van der Waals surface area contributed by atoms with E-state index in [2.05, 4.69) is 10.4 Å². The maximum atomic E-state index is 12.1. The third-order valence-electron chi connectivity index (χ3n) is 1.87. The number of nitrogens with zero attached hydrogens (tertiary/aromatic N) is 2. The number of pyridine rings is 1. The van der Waals surface area contributed by atoms with Crippen LogP contribution in [0.5, 0.6) is 0 Å². The van der Waals surface area contributed by atoms with E-state index >= 15 is 0 Å². The molecule has 0 saturated carbocycles. The molecule has 0 fully saturated rings. The highest BCUT2D eigenvalue weighted by Gasteiger charge is 2.16. The van der Waals surface area contributed by atoms with Gasteiger partial charge in [-0.2, -0.15) is 0 Å². The van der Waals surface area contributed by atoms with Gasteiger partial charge in [0.25, 0.3) is 12.3 Å². The number of aromatic nitrogens is 1. The molecule has 0 spiro atoms. The number of halogens is 2. The summed E-state index contributed by atoms with van der Waals surface area (Å²) in [6, 6.07) is 4.56. The minimum atomic E-state index is -2.57. The first-order valence-corrected chi connectivity index (χ1v) is 4.52. The molecule has 0 aromatic carbocycles. The van der Waals surface area contributed by atoms with Gasteiger partial charge < -0.3 is 10.3 Å². The average molecular weight is 230 g/mol. The number of nitrogens with two attached hydrogens (primary N) is 1. The Kier molecular flexibility index (Phi) is 4.12. The van der Waals surface area contributed by atoms with Crippen molar-refractivity contribution >= 4 is 11.7 Å². The predicted octanol–water partition coefficient (Wildman–Crippen LogP) is 0.704. The Morgan fingerprint density at radius 3 is 2.88 bits per heavy atom. The number of hydrazine groups is 1. The Balaban J connectivity index is 2.79. The molecule has 5 nitrogen and oxygen atoms in total. The molecule has 1 aromatic rings. The quantitative estimate of drug-likeness (QED) is 0.590. The molecule has 88 valence electrons. The van der Waals surface area contributed by atoms with Gasteiger partial charge >= 0.3 is 0 Å². The molecule has 1 heterocycles. The molecular formula is C9H12F2N4O. The molecule has 0 saturated heterocycles. The lowest BCUT2D eigenvalue weighted by Gasteiger charge is -2.16. The topological polar surface area (TPSA) is 71.2 Å². The van der Waals surface area contributed by atoms with Crippen LogP contribution in [0.4, 0.5) is 14.6 Å². The lowest BCUT2D eigenvalue weighted by Crippen LogP contribution is -2.32. The van der Waals surface area contributed by atoms with Crippen LogP contribution in [-0.2, 0) is 0 Å². The third kappa shape index (κ3) is 3.13. The number of carbonyl (C=O) groups is 1. The molecule has 1 amide bonds. The second-order valence-corrected chi connectivity index (χ2v) is 3.13. The minimum Gasteiger partial charge on any atom is -0.335 e. The number of nitrogens with one attached hydrogen (secondary N) is 1. The number of amides is 1. The summed E-state index contributed by atoms with van der Waals surface area (Å²) in [4.78, 5) is 16.4. The average Bonchev–Trinajstić information content (AvgIpc) is 2.27. The van der Waals surface area contributed by atoms with E-state index in [4.69, 9.17) is 5.84 Å². The van der Waals surface area contributed by atoms with Gasteiger partial charge in [-0.1, -0.05) is 6.07 Å². The molecule has 0 unspecified atom stereocenters. The van der Waals surface area contributed by atoms with Gasteiger partial charge in [0.1, 0.15) is 11.5 Å². The fourth-order valence-electron chi connectivity index (χ4n) is 1.12. The van der Waals surface area contributed by atoms with E-state index < -0.39 is 18.9 Å². The maximum absolute atomic E-state index is 12.1. The smallest absolute Gasteiger partial charge is 0.272 e. The number of anilines is 1. The first kappa shape index (κ1) is 12.3. The molecule has 3 N–H and O–H groups in total. The summed E-state index contributed by atoms with van der Waals surface area (Å²) in [5, 5.41) is 0. The van der Waals surface area contributed by atoms with E-state index in [-0.39, 0.29) is 5.69 Å². The second-order valence-electron chi connectivity index (χ2n) is 3.13. The Hall–Kier alpha value is -1.76. The number of rotatable bonds is 4. The number of alkyl halides is 2. The Morgan fingerprint density at radius 1 is 1.62 bits per heavy atom. The van der Waals surface area contributed by atoms with Gasteiger partial charge in [0.15, 0.2) is 0 Å². The van der Waals surface area contributed by atoms with E-state index in [1.807, 2.05) is 0 Å². The number of hydrogen-bond donors (Lipinski definition) is 2. The van der Waals surface area contributed by atoms with Crippen molar-refractivity contribution in [1.29, 1.82) is 0 Å². The molecule has 16 heavy (non-hydrogen) atoms. The molecule has 0 radical (unpaired) electrons. The van der Waals surface area contributed by atoms with Gasteiger partial charge in [0, 0.05) is 7.05 Å². The zero-order valence-electron chi connectivity index (χ0n) is 8.65. The van der Waals surface area contributed by atoms with E-state index in [0.717, 1.165) is 4.90 Å². The summed E-state index contributed by atoms with van der Waals surface area (Å²) in [5.74, 6) is 4.85. The van der Waals surface area contributed by atoms with Crippen molar-refractivity contribution in [2.45, 2.75) is 6.43 Å². The fraction of sp³-hybridized carbons (Fsp3) is 0.333. The molecule has 0 atom stereocenters. The minimum absolute atomic E-state index is 0.0681. The summed E-state index contributed by atoms with van der Waals surface area (Å²) >= 11 is 0. The van der Waals surface area contributed by atoms with Crippen LogP contribution in [0.2, 0.25) is 0 Å². The summed E-state index contributed by atoms with van der Waals surface area (Å²) in [7, 11) is 1.29. The summed E-state index contributed by atoms with van der Waals surface area (Å²) in [6.07, 6.45) is -2.57. The van der Waals surface area contributed by atoms with Crippen LogP contribution >= 0.6 is 0 Å². The number of carbonyl (C=O) groups excluding carboxylic acids is 1. The molecule has 0 aliphatic rings. The number of hydrogen-bond acceptors (Lipinski definition) is 4. The Bertz CT molecular complexity index is 372. The van der Waals surface area contributed by atoms with Crippen LogP contribution in [0.3, 0.4) is 0 Å². The standard InChI is InChI=1S/C9H12F2N4O/c1-15(5-7(10)11)9(16)6-3-2-4-8(13-6)14-12/h2-4,7H,5,12H2,1H3,(H,13,14). The van der Waals surface area contributed by atoms with Crippen LogP contribution in [0.1, 0.15) is 10.5 Å². The lowest BCUT2D eigenvalue weighted by molar-refractivity contribution is 0.0615. The molecule has 0 bridgehead atoms. The van der Waals surface area contributed by atoms with E-state index in [0.29, 0.717) is 5.82 Å². The fourth-order valence-corrected chi connectivity index (χ4v) is 1.12. The molecule has 1 aromatic heterocycles. The van der Waals surface area contributed by atoms with Crippen molar-refractivity contribution < 1.29 is 13.6 Å². The Labute approximate surface area is 91.2 Å². The second kappa shape index (κ2) is 5.36. The largest absolute Gasteiger partial charge is 0.335 e. The molecule has 0 aliphatic heterocycles. The van der Waals surface area contributed by atoms with Crippen molar-refractivity contribution in [2.75, 3.05) is 19.0 Å². The van der Waals surface area contributed by atoms with Gasteiger partial charge in [-0.15, -0.1) is 0 Å². The zero-order chi connectivity index (χ0) is 12.1. The van der Waals surface area contributed by atoms with Gasteiger partial charge in [-0.3, -0.25) is 4.79 Å². The van der Waals surface area contributed by atoms with E-state index in [9.17, 15) is 13.6 Å². The Morgan fingerprint density at radius 2 is 2.31 bits per heavy atom. The van der Waals surface area contributed by atoms with Crippen LogP contribution in [0, 0.1) is 0 Å². The first-order valence-electron chi connectivity index (χ1n) is 4.52. The highest BCUT2D eigenvalue weighted by Crippen LogP contribution is 2.06. The SMILES string of the molecule is CN(CC(F)F)C(=O)c1cccc(NN)n1. The molecular weight excluding hydrogens is 218 g/mol. The van der Waals surface area contributed by atoms with Crippen molar-refractivity contribution in [3.8, 4) is 0 Å². The van der Waals surface area contributed by atoms with Gasteiger partial charge in [0.2, 0.25) is 0 Å². The summed E-state index contributed by atoms with van der Waals surface area (Å²) in [6.45, 7) is -0.624. The monoisotopic (exact) mass is 230 g/mol. The lowest BCUT2D eigenvalue weighted by atomic mass is 10.3. The van der Waals surface area contributed by atoms with Crippen LogP contribution in [0.25, 0.3) is 0 Å². The number of nitrogen functional groups attached to an aromatic ring is 1. The molecule has 1 rings (SSSR count). The third-order valence-corrected chi connectivity index (χ3v) is 1.87. The van der Waals surface area contributed by atoms with Crippen LogP contribution in [0.15, 0.2) is 18.2 Å². The predicted molar refractivity (Wildman–Crippen MR) is 55.0 cm³/mol. The van der Waals surface area contributed by atoms with E-state index in [1.165, 1.54) is 13.1 Å². The molecule has 0 aliphatic carbocycles. The maximum Gasteiger partial charge on any atom is 0.272 e. The van der Waals surface area contributed by atoms with Crippen molar-refractivity contribution in [2.24, 2.45) is 5.84 Å². The van der Waals surface area contributed by atoms with Crippen molar-refractivity contribution in [3.05, 3.63) is 23.9 Å². The van der Waals surface area contributed by atoms with Gasteiger partial charge in [0.05, 0.1) is 6.54 Å². The van der Waals surface area contributed by atoms with Gasteiger partial charge in [-0.25, -0.2) is 19.6 Å². The van der Waals surface area contributed by atoms with Crippen molar-refractivity contribution in [1.82, 2.24) is 9.88 Å². The normalized spacial score (nSPS) is 10.3. The highest BCUT2D eigenvalue weighted by molar-refractivity contribution is 5.92. The van der Waals surface area contributed by atoms with Crippen LogP contribution < -0.4 is 11.3 Å². The van der Waals surface area contributed by atoms with E-state index in [1.54, 1.807) is 12.1 Å².